The van der Waals surface area contributed by atoms with Gasteiger partial charge in [0, 0.05) is 17.6 Å². The molecular formula is C16H17Cl2F3N4O. The number of hydrogen-bond donors (Lipinski definition) is 2. The van der Waals surface area contributed by atoms with Gasteiger partial charge in [-0.25, -0.2) is 4.68 Å². The molecule has 1 aliphatic rings. The van der Waals surface area contributed by atoms with Gasteiger partial charge in [-0.3, -0.25) is 4.79 Å². The van der Waals surface area contributed by atoms with E-state index in [9.17, 15) is 18.0 Å². The van der Waals surface area contributed by atoms with Crippen molar-refractivity contribution in [1.29, 1.82) is 0 Å². The van der Waals surface area contributed by atoms with Crippen LogP contribution >= 0.6 is 24.0 Å². The molecule has 0 bridgehead atoms. The van der Waals surface area contributed by atoms with Gasteiger partial charge in [-0.2, -0.15) is 18.3 Å². The van der Waals surface area contributed by atoms with E-state index in [1.54, 1.807) is 0 Å². The predicted octanol–water partition coefficient (Wildman–Crippen LogP) is 3.45. The Bertz CT molecular complexity index is 756. The summed E-state index contributed by atoms with van der Waals surface area (Å²) in [6.45, 7) is 1.38. The average molecular weight is 409 g/mol. The molecule has 142 valence electrons. The topological polar surface area (TPSA) is 59.0 Å². The summed E-state index contributed by atoms with van der Waals surface area (Å²) in [5.41, 5.74) is -1.42. The van der Waals surface area contributed by atoms with Gasteiger partial charge in [0.2, 0.25) is 0 Å². The van der Waals surface area contributed by atoms with Gasteiger partial charge in [-0.1, -0.05) is 11.6 Å². The average Bonchev–Trinajstić information content (AvgIpc) is 3.02. The number of carbonyl (C=O) groups excluding carboxylic acids is 1. The maximum atomic E-state index is 13.6. The van der Waals surface area contributed by atoms with E-state index < -0.39 is 23.3 Å². The minimum absolute atomic E-state index is 0. The Balaban J connectivity index is 0.00000243. The van der Waals surface area contributed by atoms with Crippen LogP contribution in [0.3, 0.4) is 0 Å². The molecule has 1 fully saturated rings. The first-order valence-corrected chi connectivity index (χ1v) is 8.17. The molecule has 1 aromatic heterocycles. The fraction of sp³-hybridized carbons (Fsp3) is 0.375. The first kappa shape index (κ1) is 20.5. The summed E-state index contributed by atoms with van der Waals surface area (Å²) < 4.78 is 41.4. The van der Waals surface area contributed by atoms with Crippen LogP contribution in [0.25, 0.3) is 5.69 Å². The van der Waals surface area contributed by atoms with Crippen LogP contribution in [0, 0.1) is 0 Å². The second-order valence-corrected chi connectivity index (χ2v) is 6.25. The molecule has 2 aromatic rings. The molecule has 10 heteroatoms. The van der Waals surface area contributed by atoms with E-state index in [0.29, 0.717) is 16.2 Å². The predicted molar refractivity (Wildman–Crippen MR) is 94.2 cm³/mol. The monoisotopic (exact) mass is 408 g/mol. The van der Waals surface area contributed by atoms with Crippen LogP contribution < -0.4 is 10.6 Å². The quantitative estimate of drug-likeness (QED) is 0.817. The molecule has 1 aromatic carbocycles. The van der Waals surface area contributed by atoms with E-state index in [4.69, 9.17) is 11.6 Å². The highest BCUT2D eigenvalue weighted by molar-refractivity contribution is 6.30. The highest BCUT2D eigenvalue weighted by Gasteiger charge is 2.40. The summed E-state index contributed by atoms with van der Waals surface area (Å²) in [5.74, 6) is -0.777. The molecule has 2 N–H and O–H groups in total. The molecular weight excluding hydrogens is 392 g/mol. The molecule has 2 heterocycles. The Labute approximate surface area is 159 Å². The van der Waals surface area contributed by atoms with Crippen LogP contribution in [0.1, 0.15) is 28.9 Å². The third kappa shape index (κ3) is 4.49. The van der Waals surface area contributed by atoms with E-state index in [2.05, 4.69) is 15.7 Å². The van der Waals surface area contributed by atoms with Crippen LogP contribution in [0.15, 0.2) is 30.5 Å². The summed E-state index contributed by atoms with van der Waals surface area (Å²) >= 11 is 5.77. The summed E-state index contributed by atoms with van der Waals surface area (Å²) in [6, 6.07) is 5.56. The molecule has 1 atom stereocenters. The van der Waals surface area contributed by atoms with E-state index in [0.717, 1.165) is 25.6 Å². The number of carbonyl (C=O) groups is 1. The Morgan fingerprint density at radius 2 is 2.00 bits per heavy atom. The van der Waals surface area contributed by atoms with Crippen LogP contribution in [0.4, 0.5) is 13.2 Å². The highest BCUT2D eigenvalue weighted by atomic mass is 35.5. The molecule has 26 heavy (non-hydrogen) atoms. The van der Waals surface area contributed by atoms with Gasteiger partial charge in [0.05, 0.1) is 17.4 Å². The molecule has 5 nitrogen and oxygen atoms in total. The SMILES string of the molecule is Cl.O=C(N[C@H]1CCCNC1)c1cnn(-c2ccc(Cl)cc2)c1C(F)(F)F. The van der Waals surface area contributed by atoms with Crippen LogP contribution in [-0.4, -0.2) is 34.8 Å². The number of rotatable bonds is 3. The zero-order chi connectivity index (χ0) is 18.0. The first-order valence-electron chi connectivity index (χ1n) is 7.79. The largest absolute Gasteiger partial charge is 0.434 e. The smallest absolute Gasteiger partial charge is 0.348 e. The van der Waals surface area contributed by atoms with Gasteiger partial charge in [0.1, 0.15) is 0 Å². The van der Waals surface area contributed by atoms with Gasteiger partial charge in [0.25, 0.3) is 5.91 Å². The standard InChI is InChI=1S/C16H16ClF3N4O.ClH/c17-10-3-5-12(6-4-10)24-14(16(18,19)20)13(9-22-24)15(25)23-11-2-1-7-21-8-11;/h3-6,9,11,21H,1-2,7-8H2,(H,23,25);1H/t11-;/m0./s1. The third-order valence-corrected chi connectivity index (χ3v) is 4.24. The maximum absolute atomic E-state index is 13.6. The fourth-order valence-electron chi connectivity index (χ4n) is 2.80. The van der Waals surface area contributed by atoms with Crippen molar-refractivity contribution in [3.8, 4) is 5.69 Å². The van der Waals surface area contributed by atoms with Gasteiger partial charge in [0.15, 0.2) is 5.69 Å². The van der Waals surface area contributed by atoms with Crippen molar-refractivity contribution in [2.75, 3.05) is 13.1 Å². The molecule has 3 rings (SSSR count). The van der Waals surface area contributed by atoms with Gasteiger partial charge in [-0.15, -0.1) is 12.4 Å². The molecule has 0 spiro atoms. The Morgan fingerprint density at radius 1 is 1.31 bits per heavy atom. The second-order valence-electron chi connectivity index (χ2n) is 5.81. The lowest BCUT2D eigenvalue weighted by Crippen LogP contribution is -2.45. The Kier molecular flexibility index (Phi) is 6.54. The molecule has 0 saturated carbocycles. The molecule has 0 radical (unpaired) electrons. The van der Waals surface area contributed by atoms with E-state index in [-0.39, 0.29) is 24.1 Å². The minimum atomic E-state index is -4.73. The van der Waals surface area contributed by atoms with Crippen molar-refractivity contribution in [3.63, 3.8) is 0 Å². The molecule has 1 saturated heterocycles. The van der Waals surface area contributed by atoms with Gasteiger partial charge in [-0.05, 0) is 43.7 Å². The number of piperidine rings is 1. The van der Waals surface area contributed by atoms with E-state index in [1.807, 2.05) is 0 Å². The highest BCUT2D eigenvalue weighted by Crippen LogP contribution is 2.34. The minimum Gasteiger partial charge on any atom is -0.348 e. The number of halogens is 5. The van der Waals surface area contributed by atoms with E-state index in [1.165, 1.54) is 24.3 Å². The normalized spacial score (nSPS) is 17.5. The zero-order valence-corrected chi connectivity index (χ0v) is 15.1. The summed E-state index contributed by atoms with van der Waals surface area (Å²) in [4.78, 5) is 12.4. The lowest BCUT2D eigenvalue weighted by atomic mass is 10.1. The zero-order valence-electron chi connectivity index (χ0n) is 13.5. The Morgan fingerprint density at radius 3 is 2.58 bits per heavy atom. The first-order chi connectivity index (χ1) is 11.9. The van der Waals surface area contributed by atoms with Crippen molar-refractivity contribution < 1.29 is 18.0 Å². The Hall–Kier alpha value is -1.77. The second kappa shape index (κ2) is 8.28. The number of amides is 1. The molecule has 1 aliphatic heterocycles. The molecule has 1 amide bonds. The maximum Gasteiger partial charge on any atom is 0.434 e. The molecule has 0 unspecified atom stereocenters. The summed E-state index contributed by atoms with van der Waals surface area (Å²) in [5, 5.41) is 9.92. The van der Waals surface area contributed by atoms with Crippen LogP contribution in [-0.2, 0) is 6.18 Å². The lowest BCUT2D eigenvalue weighted by Gasteiger charge is -2.24. The van der Waals surface area contributed by atoms with Gasteiger partial charge >= 0.3 is 6.18 Å². The number of benzene rings is 1. The summed E-state index contributed by atoms with van der Waals surface area (Å²) in [7, 11) is 0. The number of alkyl halides is 3. The van der Waals surface area contributed by atoms with Crippen LogP contribution in [0.5, 0.6) is 0 Å². The van der Waals surface area contributed by atoms with Crippen molar-refractivity contribution in [1.82, 2.24) is 20.4 Å². The van der Waals surface area contributed by atoms with Crippen molar-refractivity contribution in [2.45, 2.75) is 25.1 Å². The van der Waals surface area contributed by atoms with Crippen molar-refractivity contribution >= 4 is 29.9 Å². The van der Waals surface area contributed by atoms with Gasteiger partial charge < -0.3 is 10.6 Å². The number of nitrogens with zero attached hydrogens (tertiary/aromatic N) is 2. The van der Waals surface area contributed by atoms with Crippen LogP contribution in [0.2, 0.25) is 5.02 Å². The van der Waals surface area contributed by atoms with Crippen molar-refractivity contribution in [2.24, 2.45) is 0 Å². The third-order valence-electron chi connectivity index (χ3n) is 3.99. The number of hydrogen-bond acceptors (Lipinski definition) is 3. The summed E-state index contributed by atoms with van der Waals surface area (Å²) in [6.07, 6.45) is -2.19. The van der Waals surface area contributed by atoms with Crippen molar-refractivity contribution in [3.05, 3.63) is 46.7 Å². The number of aromatic nitrogens is 2. The lowest BCUT2D eigenvalue weighted by molar-refractivity contribution is -0.143. The number of nitrogens with one attached hydrogen (secondary N) is 2. The fourth-order valence-corrected chi connectivity index (χ4v) is 2.93. The van der Waals surface area contributed by atoms with E-state index >= 15 is 0 Å². The molecule has 0 aliphatic carbocycles.